The largest absolute Gasteiger partial charge is 0.394 e. The smallest absolute Gasteiger partial charge is 0.0610 e. The SMILES string of the molecule is CCCCCN(CCCC(C)(CO)NCC)C(C)C. The summed E-state index contributed by atoms with van der Waals surface area (Å²) in [6, 6.07) is 0.622. The Hall–Kier alpha value is -0.120. The van der Waals surface area contributed by atoms with Crippen LogP contribution in [0.3, 0.4) is 0 Å². The van der Waals surface area contributed by atoms with Crippen molar-refractivity contribution in [2.24, 2.45) is 0 Å². The summed E-state index contributed by atoms with van der Waals surface area (Å²) in [7, 11) is 0. The molecule has 0 fully saturated rings. The molecular weight excluding hydrogens is 236 g/mol. The zero-order valence-corrected chi connectivity index (χ0v) is 13.8. The van der Waals surface area contributed by atoms with Gasteiger partial charge in [-0.25, -0.2) is 0 Å². The third kappa shape index (κ3) is 8.61. The molecule has 0 spiro atoms. The maximum Gasteiger partial charge on any atom is 0.0610 e. The molecular formula is C16H36N2O. The summed E-state index contributed by atoms with van der Waals surface area (Å²) in [6.07, 6.45) is 6.10. The number of aliphatic hydroxyl groups is 1. The molecule has 0 rings (SSSR count). The van der Waals surface area contributed by atoms with E-state index in [4.69, 9.17) is 0 Å². The molecule has 0 aromatic rings. The minimum atomic E-state index is -0.110. The van der Waals surface area contributed by atoms with Crippen molar-refractivity contribution in [3.8, 4) is 0 Å². The lowest BCUT2D eigenvalue weighted by molar-refractivity contribution is 0.151. The number of aliphatic hydroxyl groups excluding tert-OH is 1. The minimum Gasteiger partial charge on any atom is -0.394 e. The molecule has 0 saturated heterocycles. The maximum atomic E-state index is 9.49. The fraction of sp³-hybridized carbons (Fsp3) is 1.00. The Morgan fingerprint density at radius 3 is 2.21 bits per heavy atom. The van der Waals surface area contributed by atoms with Gasteiger partial charge in [-0.3, -0.25) is 0 Å². The van der Waals surface area contributed by atoms with Gasteiger partial charge in [-0.05, 0) is 59.7 Å². The highest BCUT2D eigenvalue weighted by Gasteiger charge is 2.21. The molecule has 0 bridgehead atoms. The average Bonchev–Trinajstić information content (AvgIpc) is 2.37. The van der Waals surface area contributed by atoms with Crippen molar-refractivity contribution in [3.63, 3.8) is 0 Å². The lowest BCUT2D eigenvalue weighted by Crippen LogP contribution is -2.46. The molecule has 0 heterocycles. The van der Waals surface area contributed by atoms with Crippen molar-refractivity contribution in [2.45, 2.75) is 78.3 Å². The molecule has 1 atom stereocenters. The minimum absolute atomic E-state index is 0.110. The quantitative estimate of drug-likeness (QED) is 0.536. The first-order valence-electron chi connectivity index (χ1n) is 8.09. The van der Waals surface area contributed by atoms with Gasteiger partial charge < -0.3 is 15.3 Å². The van der Waals surface area contributed by atoms with Gasteiger partial charge in [0.2, 0.25) is 0 Å². The molecule has 0 amide bonds. The van der Waals surface area contributed by atoms with E-state index in [0.717, 1.165) is 25.9 Å². The highest BCUT2D eigenvalue weighted by atomic mass is 16.3. The lowest BCUT2D eigenvalue weighted by Gasteiger charge is -2.31. The first kappa shape index (κ1) is 18.9. The van der Waals surface area contributed by atoms with Crippen molar-refractivity contribution < 1.29 is 5.11 Å². The Kier molecular flexibility index (Phi) is 10.6. The molecule has 0 aromatic carbocycles. The van der Waals surface area contributed by atoms with E-state index in [2.05, 4.69) is 44.8 Å². The number of hydrogen-bond donors (Lipinski definition) is 2. The summed E-state index contributed by atoms with van der Waals surface area (Å²) in [5.41, 5.74) is -0.110. The van der Waals surface area contributed by atoms with Gasteiger partial charge in [0, 0.05) is 11.6 Å². The van der Waals surface area contributed by atoms with E-state index in [1.165, 1.54) is 25.8 Å². The Balaban J connectivity index is 4.03. The zero-order valence-electron chi connectivity index (χ0n) is 13.8. The third-order valence-corrected chi connectivity index (χ3v) is 3.91. The summed E-state index contributed by atoms with van der Waals surface area (Å²) >= 11 is 0. The average molecular weight is 272 g/mol. The number of unbranched alkanes of at least 4 members (excludes halogenated alkanes) is 2. The van der Waals surface area contributed by atoms with Crippen molar-refractivity contribution in [1.29, 1.82) is 0 Å². The van der Waals surface area contributed by atoms with Crippen LogP contribution in [0, 0.1) is 0 Å². The highest BCUT2D eigenvalue weighted by Crippen LogP contribution is 2.13. The molecule has 116 valence electrons. The Labute approximate surface area is 120 Å². The maximum absolute atomic E-state index is 9.49. The van der Waals surface area contributed by atoms with E-state index in [1.807, 2.05) is 0 Å². The summed E-state index contributed by atoms with van der Waals surface area (Å²) in [5, 5.41) is 12.9. The van der Waals surface area contributed by atoms with Crippen LogP contribution in [0.5, 0.6) is 0 Å². The van der Waals surface area contributed by atoms with Gasteiger partial charge in [0.1, 0.15) is 0 Å². The first-order valence-corrected chi connectivity index (χ1v) is 8.09. The van der Waals surface area contributed by atoms with E-state index < -0.39 is 0 Å². The molecule has 0 aliphatic rings. The number of rotatable bonds is 12. The molecule has 2 N–H and O–H groups in total. The predicted octanol–water partition coefficient (Wildman–Crippen LogP) is 3.03. The molecule has 1 unspecified atom stereocenters. The van der Waals surface area contributed by atoms with Crippen molar-refractivity contribution in [3.05, 3.63) is 0 Å². The van der Waals surface area contributed by atoms with Crippen LogP contribution in [-0.4, -0.2) is 47.8 Å². The highest BCUT2D eigenvalue weighted by molar-refractivity contribution is 4.82. The number of likely N-dealkylation sites (N-methyl/N-ethyl adjacent to an activating group) is 1. The Morgan fingerprint density at radius 1 is 1.11 bits per heavy atom. The van der Waals surface area contributed by atoms with Crippen LogP contribution in [0.15, 0.2) is 0 Å². The van der Waals surface area contributed by atoms with Crippen molar-refractivity contribution in [2.75, 3.05) is 26.2 Å². The topological polar surface area (TPSA) is 35.5 Å². The van der Waals surface area contributed by atoms with Crippen LogP contribution < -0.4 is 5.32 Å². The molecule has 19 heavy (non-hydrogen) atoms. The third-order valence-electron chi connectivity index (χ3n) is 3.91. The van der Waals surface area contributed by atoms with Crippen LogP contribution in [0.2, 0.25) is 0 Å². The molecule has 0 aliphatic carbocycles. The summed E-state index contributed by atoms with van der Waals surface area (Å²) in [5.74, 6) is 0. The predicted molar refractivity (Wildman–Crippen MR) is 84.6 cm³/mol. The fourth-order valence-electron chi connectivity index (χ4n) is 2.52. The van der Waals surface area contributed by atoms with Gasteiger partial charge in [-0.1, -0.05) is 26.7 Å². The monoisotopic (exact) mass is 272 g/mol. The standard InChI is InChI=1S/C16H36N2O/c1-6-8-9-12-18(15(3)4)13-10-11-16(5,14-19)17-7-2/h15,17,19H,6-14H2,1-5H3. The number of nitrogens with zero attached hydrogens (tertiary/aromatic N) is 1. The number of nitrogens with one attached hydrogen (secondary N) is 1. The summed E-state index contributed by atoms with van der Waals surface area (Å²) < 4.78 is 0. The molecule has 3 heteroatoms. The molecule has 0 saturated carbocycles. The van der Waals surface area contributed by atoms with Crippen LogP contribution in [-0.2, 0) is 0 Å². The lowest BCUT2D eigenvalue weighted by atomic mass is 9.96. The van der Waals surface area contributed by atoms with E-state index in [-0.39, 0.29) is 12.1 Å². The van der Waals surface area contributed by atoms with E-state index in [1.54, 1.807) is 0 Å². The fourth-order valence-corrected chi connectivity index (χ4v) is 2.52. The van der Waals surface area contributed by atoms with Gasteiger partial charge >= 0.3 is 0 Å². The van der Waals surface area contributed by atoms with E-state index in [0.29, 0.717) is 6.04 Å². The van der Waals surface area contributed by atoms with Crippen LogP contribution >= 0.6 is 0 Å². The van der Waals surface area contributed by atoms with Gasteiger partial charge in [-0.15, -0.1) is 0 Å². The van der Waals surface area contributed by atoms with Crippen molar-refractivity contribution >= 4 is 0 Å². The van der Waals surface area contributed by atoms with E-state index in [9.17, 15) is 5.11 Å². The summed E-state index contributed by atoms with van der Waals surface area (Å²) in [4.78, 5) is 2.57. The zero-order chi connectivity index (χ0) is 14.7. The van der Waals surface area contributed by atoms with Gasteiger partial charge in [0.25, 0.3) is 0 Å². The van der Waals surface area contributed by atoms with Gasteiger partial charge in [0.15, 0.2) is 0 Å². The first-order chi connectivity index (χ1) is 8.99. The van der Waals surface area contributed by atoms with Crippen molar-refractivity contribution in [1.82, 2.24) is 10.2 Å². The van der Waals surface area contributed by atoms with E-state index >= 15 is 0 Å². The second kappa shape index (κ2) is 10.6. The molecule has 0 aromatic heterocycles. The second-order valence-corrected chi connectivity index (χ2v) is 6.19. The van der Waals surface area contributed by atoms with Crippen LogP contribution in [0.25, 0.3) is 0 Å². The molecule has 0 radical (unpaired) electrons. The Bertz CT molecular complexity index is 209. The molecule has 3 nitrogen and oxygen atoms in total. The normalized spacial score (nSPS) is 15.2. The number of hydrogen-bond acceptors (Lipinski definition) is 3. The second-order valence-electron chi connectivity index (χ2n) is 6.19. The van der Waals surface area contributed by atoms with Crippen LogP contribution in [0.1, 0.15) is 66.7 Å². The van der Waals surface area contributed by atoms with Gasteiger partial charge in [0.05, 0.1) is 6.61 Å². The molecule has 0 aliphatic heterocycles. The van der Waals surface area contributed by atoms with Crippen LogP contribution in [0.4, 0.5) is 0 Å². The Morgan fingerprint density at radius 2 is 1.74 bits per heavy atom. The van der Waals surface area contributed by atoms with Gasteiger partial charge in [-0.2, -0.15) is 0 Å². The summed E-state index contributed by atoms with van der Waals surface area (Å²) in [6.45, 7) is 14.5.